The zero-order valence-corrected chi connectivity index (χ0v) is 11.5. The van der Waals surface area contributed by atoms with Crippen molar-refractivity contribution in [1.29, 1.82) is 0 Å². The SMILES string of the molecule is CC(C)(C)CC(O)Cc1cc(F)ccc1Br. The van der Waals surface area contributed by atoms with E-state index in [1.807, 2.05) is 0 Å². The molecule has 90 valence electrons. The molecule has 0 aromatic heterocycles. The van der Waals surface area contributed by atoms with E-state index in [2.05, 4.69) is 36.7 Å². The fourth-order valence-electron chi connectivity index (χ4n) is 1.73. The molecular weight excluding hydrogens is 271 g/mol. The third-order valence-corrected chi connectivity index (χ3v) is 3.08. The monoisotopic (exact) mass is 288 g/mol. The van der Waals surface area contributed by atoms with Crippen molar-refractivity contribution in [3.8, 4) is 0 Å². The highest BCUT2D eigenvalue weighted by atomic mass is 79.9. The van der Waals surface area contributed by atoms with E-state index >= 15 is 0 Å². The molecule has 0 radical (unpaired) electrons. The van der Waals surface area contributed by atoms with Crippen molar-refractivity contribution in [3.63, 3.8) is 0 Å². The summed E-state index contributed by atoms with van der Waals surface area (Å²) >= 11 is 3.36. The third kappa shape index (κ3) is 4.62. The van der Waals surface area contributed by atoms with Crippen LogP contribution in [-0.2, 0) is 6.42 Å². The van der Waals surface area contributed by atoms with E-state index in [9.17, 15) is 9.50 Å². The summed E-state index contributed by atoms with van der Waals surface area (Å²) in [5.41, 5.74) is 0.899. The Bertz CT molecular complexity index is 357. The van der Waals surface area contributed by atoms with Crippen LogP contribution in [0.15, 0.2) is 22.7 Å². The first-order valence-corrected chi connectivity index (χ1v) is 6.19. The molecular formula is C13H18BrFO. The van der Waals surface area contributed by atoms with Gasteiger partial charge in [-0.25, -0.2) is 4.39 Å². The van der Waals surface area contributed by atoms with Crippen LogP contribution in [0.3, 0.4) is 0 Å². The molecule has 0 saturated heterocycles. The van der Waals surface area contributed by atoms with E-state index < -0.39 is 6.10 Å². The van der Waals surface area contributed by atoms with Gasteiger partial charge in [-0.1, -0.05) is 36.7 Å². The zero-order chi connectivity index (χ0) is 12.3. The van der Waals surface area contributed by atoms with Crippen LogP contribution in [-0.4, -0.2) is 11.2 Å². The van der Waals surface area contributed by atoms with Crippen molar-refractivity contribution in [1.82, 2.24) is 0 Å². The molecule has 0 amide bonds. The van der Waals surface area contributed by atoms with Crippen molar-refractivity contribution < 1.29 is 9.50 Å². The lowest BCUT2D eigenvalue weighted by atomic mass is 9.87. The molecule has 1 rings (SSSR count). The Hall–Kier alpha value is -0.410. The number of hydrogen-bond acceptors (Lipinski definition) is 1. The Morgan fingerprint density at radius 3 is 2.56 bits per heavy atom. The average molecular weight is 289 g/mol. The second kappa shape index (κ2) is 5.28. The predicted octanol–water partition coefficient (Wildman–Crippen LogP) is 3.93. The molecule has 0 aliphatic carbocycles. The number of aliphatic hydroxyl groups is 1. The second-order valence-corrected chi connectivity index (χ2v) is 6.21. The van der Waals surface area contributed by atoms with Crippen LogP contribution in [0.2, 0.25) is 0 Å². The molecule has 16 heavy (non-hydrogen) atoms. The van der Waals surface area contributed by atoms with Crippen LogP contribution in [0.5, 0.6) is 0 Å². The van der Waals surface area contributed by atoms with E-state index in [1.54, 1.807) is 6.07 Å². The Balaban J connectivity index is 2.69. The van der Waals surface area contributed by atoms with Crippen molar-refractivity contribution in [2.45, 2.75) is 39.7 Å². The first kappa shape index (κ1) is 13.7. The third-order valence-electron chi connectivity index (χ3n) is 2.31. The van der Waals surface area contributed by atoms with Crippen molar-refractivity contribution in [2.75, 3.05) is 0 Å². The molecule has 0 saturated carbocycles. The molecule has 0 bridgehead atoms. The van der Waals surface area contributed by atoms with Crippen LogP contribution < -0.4 is 0 Å². The largest absolute Gasteiger partial charge is 0.393 e. The lowest BCUT2D eigenvalue weighted by Crippen LogP contribution is -2.19. The Kier molecular flexibility index (Phi) is 4.51. The normalized spacial score (nSPS) is 13.9. The molecule has 1 N–H and O–H groups in total. The van der Waals surface area contributed by atoms with Gasteiger partial charge in [0, 0.05) is 4.47 Å². The maximum atomic E-state index is 13.0. The maximum absolute atomic E-state index is 13.0. The van der Waals surface area contributed by atoms with Gasteiger partial charge >= 0.3 is 0 Å². The van der Waals surface area contributed by atoms with Gasteiger partial charge < -0.3 is 5.11 Å². The van der Waals surface area contributed by atoms with Crippen molar-refractivity contribution in [3.05, 3.63) is 34.1 Å². The first-order valence-electron chi connectivity index (χ1n) is 5.40. The predicted molar refractivity (Wildman–Crippen MR) is 67.9 cm³/mol. The molecule has 1 atom stereocenters. The van der Waals surface area contributed by atoms with E-state index in [0.717, 1.165) is 10.0 Å². The summed E-state index contributed by atoms with van der Waals surface area (Å²) < 4.78 is 13.9. The van der Waals surface area contributed by atoms with E-state index in [-0.39, 0.29) is 11.2 Å². The number of halogens is 2. The summed E-state index contributed by atoms with van der Waals surface area (Å²) in [7, 11) is 0. The van der Waals surface area contributed by atoms with Crippen LogP contribution >= 0.6 is 15.9 Å². The van der Waals surface area contributed by atoms with E-state index in [0.29, 0.717) is 12.8 Å². The minimum atomic E-state index is -0.432. The molecule has 0 heterocycles. The van der Waals surface area contributed by atoms with Crippen LogP contribution in [0, 0.1) is 11.2 Å². The summed E-state index contributed by atoms with van der Waals surface area (Å²) in [5.74, 6) is -0.263. The van der Waals surface area contributed by atoms with E-state index in [4.69, 9.17) is 0 Å². The Morgan fingerprint density at radius 2 is 2.00 bits per heavy atom. The van der Waals surface area contributed by atoms with Crippen LogP contribution in [0.4, 0.5) is 4.39 Å². The fraction of sp³-hybridized carbons (Fsp3) is 0.538. The lowest BCUT2D eigenvalue weighted by molar-refractivity contribution is 0.121. The highest BCUT2D eigenvalue weighted by molar-refractivity contribution is 9.10. The number of aliphatic hydroxyl groups excluding tert-OH is 1. The minimum absolute atomic E-state index is 0.0826. The molecule has 0 fully saturated rings. The van der Waals surface area contributed by atoms with Gasteiger partial charge in [-0.15, -0.1) is 0 Å². The van der Waals surface area contributed by atoms with Gasteiger partial charge in [0.05, 0.1) is 6.10 Å². The van der Waals surface area contributed by atoms with Crippen LogP contribution in [0.1, 0.15) is 32.8 Å². The molecule has 0 spiro atoms. The van der Waals surface area contributed by atoms with Gasteiger partial charge in [0.2, 0.25) is 0 Å². The quantitative estimate of drug-likeness (QED) is 0.894. The molecule has 3 heteroatoms. The van der Waals surface area contributed by atoms with Gasteiger partial charge in [-0.05, 0) is 42.0 Å². The zero-order valence-electron chi connectivity index (χ0n) is 9.93. The Labute approximate surface area is 105 Å². The summed E-state index contributed by atoms with van der Waals surface area (Å²) in [6.45, 7) is 6.24. The maximum Gasteiger partial charge on any atom is 0.123 e. The molecule has 1 unspecified atom stereocenters. The minimum Gasteiger partial charge on any atom is -0.393 e. The number of rotatable bonds is 3. The summed E-state index contributed by atoms with van der Waals surface area (Å²) in [6.07, 6.45) is 0.754. The smallest absolute Gasteiger partial charge is 0.123 e. The standard InChI is InChI=1S/C13H18BrFO/c1-13(2,3)8-11(16)7-9-6-10(15)4-5-12(9)14/h4-6,11,16H,7-8H2,1-3H3. The molecule has 1 aromatic carbocycles. The van der Waals surface area contributed by atoms with E-state index in [1.165, 1.54) is 12.1 Å². The van der Waals surface area contributed by atoms with Crippen molar-refractivity contribution >= 4 is 15.9 Å². The molecule has 1 aromatic rings. The average Bonchev–Trinajstić information content (AvgIpc) is 2.08. The molecule has 1 nitrogen and oxygen atoms in total. The van der Waals surface area contributed by atoms with Crippen LogP contribution in [0.25, 0.3) is 0 Å². The molecule has 0 aliphatic heterocycles. The summed E-state index contributed by atoms with van der Waals surface area (Å²) in [5, 5.41) is 9.91. The van der Waals surface area contributed by atoms with Gasteiger partial charge in [-0.2, -0.15) is 0 Å². The van der Waals surface area contributed by atoms with Crippen molar-refractivity contribution in [2.24, 2.45) is 5.41 Å². The van der Waals surface area contributed by atoms with Gasteiger partial charge in [0.1, 0.15) is 5.82 Å². The summed E-state index contributed by atoms with van der Waals surface area (Å²) in [6, 6.07) is 4.55. The topological polar surface area (TPSA) is 20.2 Å². The number of benzene rings is 1. The highest BCUT2D eigenvalue weighted by Gasteiger charge is 2.17. The van der Waals surface area contributed by atoms with Gasteiger partial charge in [0.25, 0.3) is 0 Å². The fourth-order valence-corrected chi connectivity index (χ4v) is 2.14. The number of hydrogen-bond donors (Lipinski definition) is 1. The summed E-state index contributed by atoms with van der Waals surface area (Å²) in [4.78, 5) is 0. The van der Waals surface area contributed by atoms with Gasteiger partial charge in [-0.3, -0.25) is 0 Å². The molecule has 0 aliphatic rings. The lowest BCUT2D eigenvalue weighted by Gasteiger charge is -2.22. The second-order valence-electron chi connectivity index (χ2n) is 5.36. The first-order chi connectivity index (χ1) is 7.28. The van der Waals surface area contributed by atoms with Gasteiger partial charge in [0.15, 0.2) is 0 Å². The highest BCUT2D eigenvalue weighted by Crippen LogP contribution is 2.25. The Morgan fingerprint density at radius 1 is 1.38 bits per heavy atom.